The second-order valence-corrected chi connectivity index (χ2v) is 6.78. The number of halogens is 1. The molecule has 1 aliphatic carbocycles. The Kier molecular flexibility index (Phi) is 8.77. The first-order valence-corrected chi connectivity index (χ1v) is 9.24. The van der Waals surface area contributed by atoms with Crippen molar-refractivity contribution in [2.75, 3.05) is 46.9 Å². The lowest BCUT2D eigenvalue weighted by molar-refractivity contribution is 0.313. The summed E-state index contributed by atoms with van der Waals surface area (Å²) in [4.78, 5) is 6.94. The highest BCUT2D eigenvalue weighted by atomic mass is 127. The van der Waals surface area contributed by atoms with Crippen LogP contribution < -0.4 is 20.1 Å². The summed E-state index contributed by atoms with van der Waals surface area (Å²) in [7, 11) is 3.47. The molecule has 146 valence electrons. The summed E-state index contributed by atoms with van der Waals surface area (Å²) in [6.45, 7) is 4.78. The Hall–Kier alpha value is -1.22. The standard InChI is InChI=1S/C19H30N4O2.HI/c1-20-19(22-13-15-9-11-23(14-15)16-3-4-16)21-10-12-25-18-7-5-17(24-2)6-8-18;/h5-8,15-16H,3-4,9-14H2,1-2H3,(H2,20,21,22);1H. The number of nitrogens with zero attached hydrogens (tertiary/aromatic N) is 2. The molecule has 2 N–H and O–H groups in total. The number of aliphatic imine (C=N–C) groups is 1. The van der Waals surface area contributed by atoms with Gasteiger partial charge in [0.2, 0.25) is 0 Å². The molecule has 1 saturated heterocycles. The van der Waals surface area contributed by atoms with E-state index in [-0.39, 0.29) is 24.0 Å². The number of hydrogen-bond acceptors (Lipinski definition) is 4. The van der Waals surface area contributed by atoms with Gasteiger partial charge < -0.3 is 25.0 Å². The normalized spacial score (nSPS) is 20.4. The third-order valence-corrected chi connectivity index (χ3v) is 4.89. The Bertz CT molecular complexity index is 563. The largest absolute Gasteiger partial charge is 0.497 e. The summed E-state index contributed by atoms with van der Waals surface area (Å²) in [5.41, 5.74) is 0. The maximum atomic E-state index is 5.72. The predicted octanol–water partition coefficient (Wildman–Crippen LogP) is 2.34. The molecule has 0 amide bonds. The second kappa shape index (κ2) is 10.8. The van der Waals surface area contributed by atoms with Gasteiger partial charge in [0.25, 0.3) is 0 Å². The Morgan fingerprint density at radius 1 is 1.15 bits per heavy atom. The van der Waals surface area contributed by atoms with Crippen LogP contribution in [0.4, 0.5) is 0 Å². The first-order valence-electron chi connectivity index (χ1n) is 9.24. The Labute approximate surface area is 173 Å². The van der Waals surface area contributed by atoms with Crippen LogP contribution in [-0.4, -0.2) is 63.8 Å². The van der Waals surface area contributed by atoms with Gasteiger partial charge in [0, 0.05) is 26.2 Å². The van der Waals surface area contributed by atoms with Gasteiger partial charge >= 0.3 is 0 Å². The lowest BCUT2D eigenvalue weighted by Crippen LogP contribution is -2.41. The molecule has 7 heteroatoms. The summed E-state index contributed by atoms with van der Waals surface area (Å²) < 4.78 is 10.9. The quantitative estimate of drug-likeness (QED) is 0.262. The summed E-state index contributed by atoms with van der Waals surface area (Å²) in [6, 6.07) is 8.51. The minimum atomic E-state index is 0. The Balaban J connectivity index is 0.00000243. The number of hydrogen-bond donors (Lipinski definition) is 2. The molecular formula is C19H31IN4O2. The summed E-state index contributed by atoms with van der Waals surface area (Å²) in [6.07, 6.45) is 4.09. The predicted molar refractivity (Wildman–Crippen MR) is 116 cm³/mol. The van der Waals surface area contributed by atoms with Gasteiger partial charge in [-0.15, -0.1) is 24.0 Å². The maximum absolute atomic E-state index is 5.72. The average molecular weight is 474 g/mol. The van der Waals surface area contributed by atoms with E-state index in [1.807, 2.05) is 31.3 Å². The monoisotopic (exact) mass is 474 g/mol. The van der Waals surface area contributed by atoms with Crippen molar-refractivity contribution in [3.05, 3.63) is 24.3 Å². The van der Waals surface area contributed by atoms with Gasteiger partial charge in [-0.05, 0) is 56.0 Å². The van der Waals surface area contributed by atoms with Gasteiger partial charge in [0.05, 0.1) is 13.7 Å². The van der Waals surface area contributed by atoms with E-state index in [2.05, 4.69) is 20.5 Å². The molecule has 2 fully saturated rings. The molecule has 1 aromatic carbocycles. The zero-order valence-corrected chi connectivity index (χ0v) is 18.1. The van der Waals surface area contributed by atoms with E-state index < -0.39 is 0 Å². The zero-order chi connectivity index (χ0) is 17.5. The first-order chi connectivity index (χ1) is 12.3. The van der Waals surface area contributed by atoms with Crippen LogP contribution in [0.25, 0.3) is 0 Å². The van der Waals surface area contributed by atoms with Gasteiger partial charge in [-0.25, -0.2) is 0 Å². The molecule has 3 rings (SSSR count). The van der Waals surface area contributed by atoms with Crippen molar-refractivity contribution < 1.29 is 9.47 Å². The van der Waals surface area contributed by atoms with Crippen molar-refractivity contribution >= 4 is 29.9 Å². The molecular weight excluding hydrogens is 443 g/mol. The molecule has 0 aromatic heterocycles. The first kappa shape index (κ1) is 21.1. The lowest BCUT2D eigenvalue weighted by Gasteiger charge is -2.17. The number of ether oxygens (including phenoxy) is 2. The fourth-order valence-electron chi connectivity index (χ4n) is 3.27. The van der Waals surface area contributed by atoms with E-state index in [9.17, 15) is 0 Å². The number of nitrogens with one attached hydrogen (secondary N) is 2. The number of likely N-dealkylation sites (tertiary alicyclic amines) is 1. The molecule has 1 atom stereocenters. The Morgan fingerprint density at radius 3 is 2.54 bits per heavy atom. The van der Waals surface area contributed by atoms with Crippen LogP contribution in [0.15, 0.2) is 29.3 Å². The topological polar surface area (TPSA) is 58.1 Å². The highest BCUT2D eigenvalue weighted by Crippen LogP contribution is 2.31. The molecule has 1 heterocycles. The molecule has 1 aromatic rings. The van der Waals surface area contributed by atoms with Crippen molar-refractivity contribution in [2.24, 2.45) is 10.9 Å². The molecule has 6 nitrogen and oxygen atoms in total. The molecule has 26 heavy (non-hydrogen) atoms. The van der Waals surface area contributed by atoms with Crippen molar-refractivity contribution in [3.8, 4) is 11.5 Å². The van der Waals surface area contributed by atoms with Crippen molar-refractivity contribution in [1.82, 2.24) is 15.5 Å². The van der Waals surface area contributed by atoms with Crippen LogP contribution in [0.1, 0.15) is 19.3 Å². The van der Waals surface area contributed by atoms with Crippen LogP contribution in [-0.2, 0) is 0 Å². The fourth-order valence-corrected chi connectivity index (χ4v) is 3.27. The average Bonchev–Trinajstić information content (AvgIpc) is 3.40. The smallest absolute Gasteiger partial charge is 0.191 e. The third-order valence-electron chi connectivity index (χ3n) is 4.89. The highest BCUT2D eigenvalue weighted by molar-refractivity contribution is 14.0. The summed E-state index contributed by atoms with van der Waals surface area (Å²) >= 11 is 0. The van der Waals surface area contributed by atoms with Gasteiger partial charge in [0.15, 0.2) is 5.96 Å². The lowest BCUT2D eigenvalue weighted by atomic mass is 10.1. The summed E-state index contributed by atoms with van der Waals surface area (Å²) in [5.74, 6) is 3.26. The van der Waals surface area contributed by atoms with Crippen molar-refractivity contribution in [3.63, 3.8) is 0 Å². The highest BCUT2D eigenvalue weighted by Gasteiger charge is 2.34. The minimum absolute atomic E-state index is 0. The fraction of sp³-hybridized carbons (Fsp3) is 0.632. The van der Waals surface area contributed by atoms with Crippen LogP contribution in [0.5, 0.6) is 11.5 Å². The molecule has 1 unspecified atom stereocenters. The number of methoxy groups -OCH3 is 1. The van der Waals surface area contributed by atoms with E-state index >= 15 is 0 Å². The van der Waals surface area contributed by atoms with E-state index in [1.54, 1.807) is 7.11 Å². The van der Waals surface area contributed by atoms with E-state index in [4.69, 9.17) is 9.47 Å². The minimum Gasteiger partial charge on any atom is -0.497 e. The van der Waals surface area contributed by atoms with E-state index in [1.165, 1.54) is 32.4 Å². The molecule has 0 spiro atoms. The number of rotatable bonds is 8. The van der Waals surface area contributed by atoms with Gasteiger partial charge in [-0.2, -0.15) is 0 Å². The van der Waals surface area contributed by atoms with E-state index in [0.717, 1.165) is 36.0 Å². The second-order valence-electron chi connectivity index (χ2n) is 6.78. The molecule has 2 aliphatic rings. The van der Waals surface area contributed by atoms with Gasteiger partial charge in [-0.3, -0.25) is 4.99 Å². The number of benzene rings is 1. The Morgan fingerprint density at radius 2 is 1.88 bits per heavy atom. The third kappa shape index (κ3) is 6.50. The summed E-state index contributed by atoms with van der Waals surface area (Å²) in [5, 5.41) is 6.75. The maximum Gasteiger partial charge on any atom is 0.191 e. The van der Waals surface area contributed by atoms with Crippen LogP contribution in [0.2, 0.25) is 0 Å². The molecule has 0 radical (unpaired) electrons. The molecule has 1 saturated carbocycles. The molecule has 0 bridgehead atoms. The van der Waals surface area contributed by atoms with E-state index in [0.29, 0.717) is 13.2 Å². The van der Waals surface area contributed by atoms with Gasteiger partial charge in [-0.1, -0.05) is 0 Å². The molecule has 1 aliphatic heterocycles. The van der Waals surface area contributed by atoms with Gasteiger partial charge in [0.1, 0.15) is 18.1 Å². The van der Waals surface area contributed by atoms with Crippen molar-refractivity contribution in [1.29, 1.82) is 0 Å². The number of guanidine groups is 1. The van der Waals surface area contributed by atoms with Crippen LogP contribution in [0.3, 0.4) is 0 Å². The zero-order valence-electron chi connectivity index (χ0n) is 15.7. The van der Waals surface area contributed by atoms with Crippen LogP contribution >= 0.6 is 24.0 Å². The van der Waals surface area contributed by atoms with Crippen molar-refractivity contribution in [2.45, 2.75) is 25.3 Å². The SMILES string of the molecule is CN=C(NCCOc1ccc(OC)cc1)NCC1CCN(C2CC2)C1.I. The van der Waals surface area contributed by atoms with Crippen LogP contribution in [0, 0.1) is 5.92 Å².